The number of rotatable bonds is 28. The smallest absolute Gasteiger partial charge is 0.0781 e. The van der Waals surface area contributed by atoms with Crippen LogP contribution in [0.25, 0.3) is 0 Å². The van der Waals surface area contributed by atoms with Gasteiger partial charge in [-0.1, -0.05) is 36.4 Å². The zero-order valence-corrected chi connectivity index (χ0v) is 35.7. The van der Waals surface area contributed by atoms with Gasteiger partial charge in [0.2, 0.25) is 0 Å². The third-order valence-corrected chi connectivity index (χ3v) is 9.40. The molecule has 0 radical (unpaired) electrons. The average Bonchev–Trinajstić information content (AvgIpc) is 3.18. The summed E-state index contributed by atoms with van der Waals surface area (Å²) in [5.41, 5.74) is 7.11. The Labute approximate surface area is 337 Å². The summed E-state index contributed by atoms with van der Waals surface area (Å²) in [6.45, 7) is 16.5. The number of ether oxygens (including phenoxy) is 6. The standard InChI is InChI=1S/C45H71N3O8/c1-33(49)27-53-37(5)31-55-35(3)29-51-25-23-47(9)43-19-13-40(14-20-43)45(39-11-17-42(18-12-39)46(7)8)41-15-21-44(22-16-41)48(10)24-26-52-30-36(4)56-32-38(6)54-28-34(2)50/h11-22,33-38,45,49-50H,23-32H2,1-10H3. The third-order valence-electron chi connectivity index (χ3n) is 9.40. The minimum atomic E-state index is -0.483. The number of anilines is 3. The van der Waals surface area contributed by atoms with Crippen molar-refractivity contribution in [3.8, 4) is 0 Å². The Morgan fingerprint density at radius 2 is 0.732 bits per heavy atom. The topological polar surface area (TPSA) is 106 Å². The molecule has 0 spiro atoms. The fourth-order valence-electron chi connectivity index (χ4n) is 5.94. The van der Waals surface area contributed by atoms with Crippen LogP contribution in [0.4, 0.5) is 17.1 Å². The van der Waals surface area contributed by atoms with E-state index in [-0.39, 0.29) is 30.3 Å². The minimum Gasteiger partial charge on any atom is -0.391 e. The molecule has 0 saturated heterocycles. The normalized spacial score (nSPS) is 15.4. The Hall–Kier alpha value is -3.26. The monoisotopic (exact) mass is 782 g/mol. The van der Waals surface area contributed by atoms with Crippen molar-refractivity contribution in [3.05, 3.63) is 89.5 Å². The highest BCUT2D eigenvalue weighted by Crippen LogP contribution is 2.34. The third kappa shape index (κ3) is 17.5. The Kier molecular flexibility index (Phi) is 21.2. The molecule has 3 aromatic rings. The number of hydrogen-bond acceptors (Lipinski definition) is 11. The fraction of sp³-hybridized carbons (Fsp3) is 0.600. The van der Waals surface area contributed by atoms with Gasteiger partial charge in [-0.25, -0.2) is 0 Å². The van der Waals surface area contributed by atoms with E-state index in [1.807, 2.05) is 27.7 Å². The van der Waals surface area contributed by atoms with Crippen LogP contribution in [0.3, 0.4) is 0 Å². The van der Waals surface area contributed by atoms with Gasteiger partial charge in [0.25, 0.3) is 0 Å². The van der Waals surface area contributed by atoms with Crippen LogP contribution in [0.15, 0.2) is 72.8 Å². The Balaban J connectivity index is 1.56. The lowest BCUT2D eigenvalue weighted by molar-refractivity contribution is -0.0694. The predicted octanol–water partition coefficient (Wildman–Crippen LogP) is 6.22. The molecule has 6 atom stereocenters. The lowest BCUT2D eigenvalue weighted by Gasteiger charge is -2.24. The Morgan fingerprint density at radius 3 is 1.05 bits per heavy atom. The Bertz CT molecular complexity index is 1370. The van der Waals surface area contributed by atoms with Crippen molar-refractivity contribution in [1.29, 1.82) is 0 Å². The van der Waals surface area contributed by atoms with Crippen LogP contribution in [-0.2, 0) is 28.4 Å². The summed E-state index contributed by atoms with van der Waals surface area (Å²) >= 11 is 0. The first-order chi connectivity index (χ1) is 26.7. The van der Waals surface area contributed by atoms with Gasteiger partial charge in [-0.3, -0.25) is 0 Å². The second-order valence-electron chi connectivity index (χ2n) is 15.4. The number of hydrogen-bond donors (Lipinski definition) is 2. The van der Waals surface area contributed by atoms with E-state index < -0.39 is 12.2 Å². The zero-order valence-electron chi connectivity index (χ0n) is 35.7. The van der Waals surface area contributed by atoms with Gasteiger partial charge in [0.05, 0.1) is 89.5 Å². The summed E-state index contributed by atoms with van der Waals surface area (Å²) in [6.07, 6.45) is -1.23. The van der Waals surface area contributed by atoms with Gasteiger partial charge in [-0.2, -0.15) is 0 Å². The summed E-state index contributed by atoms with van der Waals surface area (Å²) in [6, 6.07) is 26.5. The van der Waals surface area contributed by atoms with E-state index in [4.69, 9.17) is 28.4 Å². The lowest BCUT2D eigenvalue weighted by Crippen LogP contribution is -2.27. The molecule has 56 heavy (non-hydrogen) atoms. The second-order valence-corrected chi connectivity index (χ2v) is 15.4. The molecular weight excluding hydrogens is 711 g/mol. The van der Waals surface area contributed by atoms with Crippen molar-refractivity contribution in [2.45, 2.75) is 84.1 Å². The van der Waals surface area contributed by atoms with Gasteiger partial charge >= 0.3 is 0 Å². The van der Waals surface area contributed by atoms with Crippen molar-refractivity contribution in [2.75, 3.05) is 109 Å². The van der Waals surface area contributed by atoms with E-state index in [1.165, 1.54) is 22.4 Å². The number of aliphatic hydroxyl groups excluding tert-OH is 2. The summed E-state index contributed by atoms with van der Waals surface area (Å²) in [5, 5.41) is 18.8. The first-order valence-electron chi connectivity index (χ1n) is 20.1. The van der Waals surface area contributed by atoms with E-state index in [0.29, 0.717) is 52.9 Å². The minimum absolute atomic E-state index is 0.0482. The van der Waals surface area contributed by atoms with Crippen molar-refractivity contribution in [2.24, 2.45) is 0 Å². The summed E-state index contributed by atoms with van der Waals surface area (Å²) in [5.74, 6) is 0.0693. The van der Waals surface area contributed by atoms with Crippen molar-refractivity contribution < 1.29 is 38.6 Å². The molecular formula is C45H71N3O8. The molecule has 2 N–H and O–H groups in total. The molecule has 11 nitrogen and oxygen atoms in total. The summed E-state index contributed by atoms with van der Waals surface area (Å²) < 4.78 is 34.7. The lowest BCUT2D eigenvalue weighted by atomic mass is 9.85. The highest BCUT2D eigenvalue weighted by Gasteiger charge is 2.19. The molecule has 0 bridgehead atoms. The SMILES string of the molecule is CC(O)COC(C)COC(C)COCCN(C)c1ccc(C(c2ccc(N(C)C)cc2)c2ccc(N(C)CCOCC(C)OCC(C)OCC(C)O)cc2)cc1. The number of likely N-dealkylation sites (N-methyl/N-ethyl adjacent to an activating group) is 2. The second kappa shape index (κ2) is 25.2. The van der Waals surface area contributed by atoms with Crippen molar-refractivity contribution in [1.82, 2.24) is 0 Å². The largest absolute Gasteiger partial charge is 0.391 e. The van der Waals surface area contributed by atoms with E-state index in [2.05, 4.69) is 116 Å². The highest BCUT2D eigenvalue weighted by molar-refractivity contribution is 5.55. The molecule has 3 rings (SSSR count). The van der Waals surface area contributed by atoms with E-state index in [0.717, 1.165) is 24.5 Å². The van der Waals surface area contributed by atoms with E-state index in [9.17, 15) is 10.2 Å². The van der Waals surface area contributed by atoms with Crippen LogP contribution >= 0.6 is 0 Å². The van der Waals surface area contributed by atoms with Gasteiger partial charge in [-0.15, -0.1) is 0 Å². The molecule has 11 heteroatoms. The van der Waals surface area contributed by atoms with Crippen LogP contribution in [0, 0.1) is 0 Å². The maximum Gasteiger partial charge on any atom is 0.0781 e. The summed E-state index contributed by atoms with van der Waals surface area (Å²) in [4.78, 5) is 6.54. The van der Waals surface area contributed by atoms with Gasteiger partial charge < -0.3 is 53.3 Å². The predicted molar refractivity (Wildman–Crippen MR) is 228 cm³/mol. The quantitative estimate of drug-likeness (QED) is 0.0649. The fourth-order valence-corrected chi connectivity index (χ4v) is 5.94. The van der Waals surface area contributed by atoms with Gasteiger partial charge in [0, 0.05) is 64.3 Å². The first kappa shape index (κ1) is 47.1. The van der Waals surface area contributed by atoms with Crippen LogP contribution in [0.1, 0.15) is 64.2 Å². The van der Waals surface area contributed by atoms with E-state index >= 15 is 0 Å². The molecule has 314 valence electrons. The molecule has 0 aliphatic rings. The highest BCUT2D eigenvalue weighted by atomic mass is 16.6. The van der Waals surface area contributed by atoms with E-state index in [1.54, 1.807) is 13.8 Å². The van der Waals surface area contributed by atoms with Crippen molar-refractivity contribution >= 4 is 17.1 Å². The molecule has 0 heterocycles. The maximum absolute atomic E-state index is 9.40. The average molecular weight is 782 g/mol. The zero-order chi connectivity index (χ0) is 41.0. The molecule has 6 unspecified atom stereocenters. The molecule has 0 aliphatic heterocycles. The van der Waals surface area contributed by atoms with Crippen LogP contribution in [0.2, 0.25) is 0 Å². The van der Waals surface area contributed by atoms with Crippen LogP contribution in [0.5, 0.6) is 0 Å². The summed E-state index contributed by atoms with van der Waals surface area (Å²) in [7, 11) is 8.30. The van der Waals surface area contributed by atoms with Crippen molar-refractivity contribution in [3.63, 3.8) is 0 Å². The maximum atomic E-state index is 9.40. The van der Waals surface area contributed by atoms with Gasteiger partial charge in [0.1, 0.15) is 0 Å². The first-order valence-corrected chi connectivity index (χ1v) is 20.1. The molecule has 3 aromatic carbocycles. The number of benzene rings is 3. The molecule has 0 aliphatic carbocycles. The molecule has 0 saturated carbocycles. The molecule has 0 amide bonds. The number of nitrogens with zero attached hydrogens (tertiary/aromatic N) is 3. The number of aliphatic hydroxyl groups is 2. The van der Waals surface area contributed by atoms with Crippen LogP contribution in [-0.4, -0.2) is 141 Å². The van der Waals surface area contributed by atoms with Gasteiger partial charge in [-0.05, 0) is 94.6 Å². The van der Waals surface area contributed by atoms with Crippen LogP contribution < -0.4 is 14.7 Å². The molecule has 0 fully saturated rings. The van der Waals surface area contributed by atoms with Gasteiger partial charge in [0.15, 0.2) is 0 Å². The Morgan fingerprint density at radius 1 is 0.429 bits per heavy atom. The molecule has 0 aromatic heterocycles.